The van der Waals surface area contributed by atoms with E-state index in [1.165, 1.54) is 12.1 Å². The first kappa shape index (κ1) is 16.1. The first-order valence-electron chi connectivity index (χ1n) is 7.01. The molecule has 1 saturated carbocycles. The number of rotatable bonds is 5. The molecular formula is C15H20F3NO2. The maximum Gasteiger partial charge on any atom is 0.573 e. The van der Waals surface area contributed by atoms with Gasteiger partial charge in [-0.3, -0.25) is 0 Å². The maximum atomic E-state index is 12.1. The molecule has 1 aromatic rings. The molecule has 0 saturated heterocycles. The minimum absolute atomic E-state index is 0.228. The van der Waals surface area contributed by atoms with Crippen molar-refractivity contribution >= 4 is 0 Å². The van der Waals surface area contributed by atoms with Crippen LogP contribution in [-0.4, -0.2) is 18.5 Å². The fourth-order valence-electron chi connectivity index (χ4n) is 2.75. The molecule has 2 rings (SSSR count). The Kier molecular flexibility index (Phi) is 4.78. The number of hydrogen-bond donors (Lipinski definition) is 1. The number of hydrogen-bond acceptors (Lipinski definition) is 3. The van der Waals surface area contributed by atoms with Crippen LogP contribution in [0, 0.1) is 5.92 Å². The molecule has 0 aliphatic heterocycles. The van der Waals surface area contributed by atoms with Crippen molar-refractivity contribution in [3.05, 3.63) is 29.8 Å². The van der Waals surface area contributed by atoms with Crippen LogP contribution >= 0.6 is 0 Å². The van der Waals surface area contributed by atoms with Gasteiger partial charge in [0.25, 0.3) is 0 Å². The van der Waals surface area contributed by atoms with Crippen molar-refractivity contribution in [2.75, 3.05) is 6.54 Å². The van der Waals surface area contributed by atoms with Gasteiger partial charge in [-0.1, -0.05) is 19.1 Å². The summed E-state index contributed by atoms with van der Waals surface area (Å²) in [4.78, 5) is 0. The summed E-state index contributed by atoms with van der Waals surface area (Å²) in [7, 11) is 0. The highest BCUT2D eigenvalue weighted by Gasteiger charge is 2.37. The molecule has 0 heterocycles. The first-order valence-corrected chi connectivity index (χ1v) is 7.01. The molecule has 1 aliphatic carbocycles. The highest BCUT2D eigenvalue weighted by Crippen LogP contribution is 2.37. The largest absolute Gasteiger partial charge is 0.573 e. The van der Waals surface area contributed by atoms with Gasteiger partial charge in [-0.15, -0.1) is 13.2 Å². The molecule has 3 nitrogen and oxygen atoms in total. The van der Waals surface area contributed by atoms with E-state index >= 15 is 0 Å². The number of alkyl halides is 3. The van der Waals surface area contributed by atoms with Crippen molar-refractivity contribution in [2.24, 2.45) is 11.7 Å². The lowest BCUT2D eigenvalue weighted by molar-refractivity contribution is -0.274. The topological polar surface area (TPSA) is 44.5 Å². The van der Waals surface area contributed by atoms with Gasteiger partial charge in [0.05, 0.1) is 12.2 Å². The Morgan fingerprint density at radius 3 is 2.43 bits per heavy atom. The van der Waals surface area contributed by atoms with Crippen LogP contribution in [0.3, 0.4) is 0 Å². The molecule has 2 unspecified atom stereocenters. The Labute approximate surface area is 122 Å². The molecule has 118 valence electrons. The van der Waals surface area contributed by atoms with Crippen LogP contribution in [0.25, 0.3) is 0 Å². The van der Waals surface area contributed by atoms with E-state index in [0.717, 1.165) is 24.8 Å². The summed E-state index contributed by atoms with van der Waals surface area (Å²) in [5.41, 5.74) is 6.33. The molecule has 0 amide bonds. The molecule has 6 heteroatoms. The van der Waals surface area contributed by atoms with Gasteiger partial charge in [0.1, 0.15) is 5.75 Å². The fourth-order valence-corrected chi connectivity index (χ4v) is 2.75. The zero-order valence-electron chi connectivity index (χ0n) is 12.0. The van der Waals surface area contributed by atoms with Crippen molar-refractivity contribution < 1.29 is 22.6 Å². The second-order valence-electron chi connectivity index (χ2n) is 5.72. The molecular weight excluding hydrogens is 283 g/mol. The van der Waals surface area contributed by atoms with Crippen molar-refractivity contribution in [2.45, 2.75) is 44.8 Å². The predicted molar refractivity (Wildman–Crippen MR) is 72.7 cm³/mol. The van der Waals surface area contributed by atoms with E-state index in [0.29, 0.717) is 19.1 Å². The molecule has 1 aliphatic rings. The number of benzene rings is 1. The van der Waals surface area contributed by atoms with Gasteiger partial charge in [-0.05, 0) is 42.9 Å². The summed E-state index contributed by atoms with van der Waals surface area (Å²) in [6, 6.07) is 5.73. The highest BCUT2D eigenvalue weighted by atomic mass is 19.4. The summed E-state index contributed by atoms with van der Waals surface area (Å²) >= 11 is 0. The van der Waals surface area contributed by atoms with E-state index in [9.17, 15) is 13.2 Å². The molecule has 1 aromatic carbocycles. The average molecular weight is 303 g/mol. The van der Waals surface area contributed by atoms with Gasteiger partial charge in [0.15, 0.2) is 0 Å². The Morgan fingerprint density at radius 2 is 1.95 bits per heavy atom. The molecule has 0 aromatic heterocycles. The van der Waals surface area contributed by atoms with Crippen LogP contribution < -0.4 is 10.5 Å². The third kappa shape index (κ3) is 4.61. The number of ether oxygens (including phenoxy) is 2. The third-order valence-electron chi connectivity index (χ3n) is 3.89. The Morgan fingerprint density at radius 1 is 1.29 bits per heavy atom. The lowest BCUT2D eigenvalue weighted by Gasteiger charge is -2.28. The summed E-state index contributed by atoms with van der Waals surface area (Å²) in [5, 5.41) is 0. The second kappa shape index (κ2) is 6.23. The fraction of sp³-hybridized carbons (Fsp3) is 0.600. The minimum atomic E-state index is -4.67. The van der Waals surface area contributed by atoms with Gasteiger partial charge >= 0.3 is 6.36 Å². The van der Waals surface area contributed by atoms with E-state index in [1.54, 1.807) is 12.1 Å². The summed E-state index contributed by atoms with van der Waals surface area (Å²) < 4.78 is 46.0. The molecule has 2 N–H and O–H groups in total. The molecule has 21 heavy (non-hydrogen) atoms. The summed E-state index contributed by atoms with van der Waals surface area (Å²) in [6.07, 6.45) is -1.71. The Hall–Kier alpha value is -1.27. The van der Waals surface area contributed by atoms with Crippen molar-refractivity contribution in [3.63, 3.8) is 0 Å². The Bertz CT molecular complexity index is 461. The molecule has 0 radical (unpaired) electrons. The van der Waals surface area contributed by atoms with E-state index in [2.05, 4.69) is 11.7 Å². The molecule has 2 atom stereocenters. The molecule has 0 spiro atoms. The molecule has 1 fully saturated rings. The van der Waals surface area contributed by atoms with E-state index < -0.39 is 6.36 Å². The number of halogens is 3. The highest BCUT2D eigenvalue weighted by molar-refractivity contribution is 5.27. The maximum absolute atomic E-state index is 12.1. The monoisotopic (exact) mass is 303 g/mol. The van der Waals surface area contributed by atoms with Crippen molar-refractivity contribution in [1.29, 1.82) is 0 Å². The van der Waals surface area contributed by atoms with E-state index in [-0.39, 0.29) is 11.4 Å². The van der Waals surface area contributed by atoms with Gasteiger partial charge in [0.2, 0.25) is 0 Å². The quantitative estimate of drug-likeness (QED) is 0.903. The van der Waals surface area contributed by atoms with Crippen LogP contribution in [0.1, 0.15) is 31.7 Å². The van der Waals surface area contributed by atoms with Crippen LogP contribution in [-0.2, 0) is 11.3 Å². The number of nitrogens with two attached hydrogens (primary N) is 1. The van der Waals surface area contributed by atoms with E-state index in [4.69, 9.17) is 10.5 Å². The Balaban J connectivity index is 1.91. The second-order valence-corrected chi connectivity index (χ2v) is 5.72. The van der Waals surface area contributed by atoms with Gasteiger partial charge in [0, 0.05) is 6.54 Å². The van der Waals surface area contributed by atoms with Crippen LogP contribution in [0.5, 0.6) is 5.75 Å². The van der Waals surface area contributed by atoms with Crippen molar-refractivity contribution in [3.8, 4) is 5.75 Å². The van der Waals surface area contributed by atoms with Gasteiger partial charge in [-0.25, -0.2) is 0 Å². The van der Waals surface area contributed by atoms with Gasteiger partial charge in [-0.2, -0.15) is 0 Å². The summed E-state index contributed by atoms with van der Waals surface area (Å²) in [5.74, 6) is 0.366. The van der Waals surface area contributed by atoms with Crippen LogP contribution in [0.15, 0.2) is 24.3 Å². The zero-order valence-corrected chi connectivity index (χ0v) is 12.0. The van der Waals surface area contributed by atoms with E-state index in [1.807, 2.05) is 0 Å². The standard InChI is InChI=1S/C15H20F3NO2/c1-11-6-7-14(8-11,10-19)20-9-12-2-4-13(5-3-12)21-15(16,17)18/h2-5,11H,6-10,19H2,1H3. The SMILES string of the molecule is CC1CCC(CN)(OCc2ccc(OC(F)(F)F)cc2)C1. The lowest BCUT2D eigenvalue weighted by atomic mass is 10.0. The van der Waals surface area contributed by atoms with Crippen LogP contribution in [0.4, 0.5) is 13.2 Å². The average Bonchev–Trinajstić information content (AvgIpc) is 2.79. The first-order chi connectivity index (χ1) is 9.82. The lowest BCUT2D eigenvalue weighted by Crippen LogP contribution is -2.38. The zero-order chi connectivity index (χ0) is 15.5. The smallest absolute Gasteiger partial charge is 0.406 e. The normalized spacial score (nSPS) is 26.0. The summed E-state index contributed by atoms with van der Waals surface area (Å²) in [6.45, 7) is 2.98. The van der Waals surface area contributed by atoms with Crippen molar-refractivity contribution in [1.82, 2.24) is 0 Å². The molecule has 0 bridgehead atoms. The minimum Gasteiger partial charge on any atom is -0.406 e. The third-order valence-corrected chi connectivity index (χ3v) is 3.89. The predicted octanol–water partition coefficient (Wildman–Crippen LogP) is 3.62. The van der Waals surface area contributed by atoms with Crippen LogP contribution in [0.2, 0.25) is 0 Å². The van der Waals surface area contributed by atoms with Gasteiger partial charge < -0.3 is 15.2 Å².